The first-order valence-electron chi connectivity index (χ1n) is 10.1. The van der Waals surface area contributed by atoms with Gasteiger partial charge in [0.1, 0.15) is 11.9 Å². The number of halogens is 1. The van der Waals surface area contributed by atoms with Crippen LogP contribution in [0, 0.1) is 6.92 Å². The number of ether oxygens (including phenoxy) is 1. The van der Waals surface area contributed by atoms with Gasteiger partial charge in [-0.2, -0.15) is 5.10 Å². The zero-order valence-electron chi connectivity index (χ0n) is 18.1. The zero-order chi connectivity index (χ0) is 20.9. The summed E-state index contributed by atoms with van der Waals surface area (Å²) in [7, 11) is 3.89. The van der Waals surface area contributed by atoms with Crippen molar-refractivity contribution in [2.45, 2.75) is 26.1 Å². The zero-order valence-corrected chi connectivity index (χ0v) is 20.4. The summed E-state index contributed by atoms with van der Waals surface area (Å²) >= 11 is 0. The minimum Gasteiger partial charge on any atom is -0.370 e. The van der Waals surface area contributed by atoms with Crippen LogP contribution >= 0.6 is 24.0 Å². The molecule has 0 spiro atoms. The van der Waals surface area contributed by atoms with E-state index in [4.69, 9.17) is 9.73 Å². The van der Waals surface area contributed by atoms with Crippen LogP contribution < -0.4 is 5.32 Å². The maximum absolute atomic E-state index is 6.00. The Balaban J connectivity index is 0.00000272. The average Bonchev–Trinajstić information content (AvgIpc) is 3.35. The number of aliphatic imine (C=N–C) groups is 1. The lowest BCUT2D eigenvalue weighted by Crippen LogP contribution is -2.48. The van der Waals surface area contributed by atoms with Crippen molar-refractivity contribution in [1.82, 2.24) is 34.8 Å². The second kappa shape index (κ2) is 10.7. The molecule has 4 rings (SSSR count). The molecule has 1 atom stereocenters. The van der Waals surface area contributed by atoms with Gasteiger partial charge in [0, 0.05) is 32.4 Å². The molecule has 9 nitrogen and oxygen atoms in total. The second-order valence-corrected chi connectivity index (χ2v) is 7.45. The van der Waals surface area contributed by atoms with E-state index in [1.54, 1.807) is 4.68 Å². The van der Waals surface area contributed by atoms with E-state index in [1.807, 2.05) is 56.2 Å². The van der Waals surface area contributed by atoms with Crippen molar-refractivity contribution in [1.29, 1.82) is 0 Å². The molecule has 0 bridgehead atoms. The van der Waals surface area contributed by atoms with Gasteiger partial charge in [-0.05, 0) is 12.5 Å². The molecule has 31 heavy (non-hydrogen) atoms. The minimum absolute atomic E-state index is 0. The third-order valence-electron chi connectivity index (χ3n) is 5.30. The van der Waals surface area contributed by atoms with Gasteiger partial charge in [-0.15, -0.1) is 34.2 Å². The largest absolute Gasteiger partial charge is 0.370 e. The third kappa shape index (κ3) is 5.82. The Morgan fingerprint density at radius 3 is 2.71 bits per heavy atom. The standard InChI is InChI=1S/C21H28N8O.HI/c1-16-25-26-20(28(16)3)13-23-21(22-11-17-7-5-4-6-8-17)29-9-10-30-19(15-29)18-12-24-27(2)14-18;/h4-8,12,14,19H,9-11,13,15H2,1-3H3,(H,22,23);1H. The van der Waals surface area contributed by atoms with Gasteiger partial charge in [-0.25, -0.2) is 4.99 Å². The van der Waals surface area contributed by atoms with Crippen molar-refractivity contribution in [3.8, 4) is 0 Å². The summed E-state index contributed by atoms with van der Waals surface area (Å²) in [6, 6.07) is 10.3. The highest BCUT2D eigenvalue weighted by molar-refractivity contribution is 14.0. The molecule has 3 aromatic rings. The first kappa shape index (κ1) is 23.2. The van der Waals surface area contributed by atoms with E-state index in [2.05, 4.69) is 37.6 Å². The molecule has 2 aromatic heterocycles. The SMILES string of the molecule is Cc1nnc(CNC(=NCc2ccccc2)N2CCOC(c3cnn(C)c3)C2)n1C.I. The predicted molar refractivity (Wildman–Crippen MR) is 129 cm³/mol. The van der Waals surface area contributed by atoms with Gasteiger partial charge < -0.3 is 19.5 Å². The van der Waals surface area contributed by atoms with Crippen molar-refractivity contribution in [3.63, 3.8) is 0 Å². The Labute approximate surface area is 199 Å². The summed E-state index contributed by atoms with van der Waals surface area (Å²) in [4.78, 5) is 7.14. The van der Waals surface area contributed by atoms with Gasteiger partial charge in [0.15, 0.2) is 11.8 Å². The quantitative estimate of drug-likeness (QED) is 0.306. The maximum Gasteiger partial charge on any atom is 0.194 e. The minimum atomic E-state index is -0.0340. The molecule has 1 aliphatic heterocycles. The van der Waals surface area contributed by atoms with Crippen molar-refractivity contribution < 1.29 is 4.74 Å². The van der Waals surface area contributed by atoms with E-state index in [0.717, 1.165) is 29.7 Å². The van der Waals surface area contributed by atoms with Crippen LogP contribution in [0.15, 0.2) is 47.7 Å². The highest BCUT2D eigenvalue weighted by Crippen LogP contribution is 2.21. The summed E-state index contributed by atoms with van der Waals surface area (Å²) in [5.74, 6) is 2.60. The molecule has 3 heterocycles. The highest BCUT2D eigenvalue weighted by atomic mass is 127. The first-order chi connectivity index (χ1) is 14.6. The van der Waals surface area contributed by atoms with Crippen LogP contribution in [-0.2, 0) is 31.9 Å². The first-order valence-corrected chi connectivity index (χ1v) is 10.1. The molecule has 1 saturated heterocycles. The number of rotatable bonds is 5. The number of aromatic nitrogens is 5. The van der Waals surface area contributed by atoms with Gasteiger partial charge in [0.25, 0.3) is 0 Å². The van der Waals surface area contributed by atoms with E-state index in [-0.39, 0.29) is 30.1 Å². The van der Waals surface area contributed by atoms with Crippen LogP contribution in [0.2, 0.25) is 0 Å². The summed E-state index contributed by atoms with van der Waals surface area (Å²) in [5, 5.41) is 16.2. The maximum atomic E-state index is 6.00. The number of hydrogen-bond donors (Lipinski definition) is 1. The molecule has 10 heteroatoms. The molecule has 166 valence electrons. The molecule has 0 saturated carbocycles. The van der Waals surface area contributed by atoms with E-state index in [1.165, 1.54) is 5.56 Å². The molecular weight excluding hydrogens is 507 g/mol. The monoisotopic (exact) mass is 536 g/mol. The molecule has 0 amide bonds. The fraction of sp³-hybridized carbons (Fsp3) is 0.429. The number of morpholine rings is 1. The second-order valence-electron chi connectivity index (χ2n) is 7.45. The number of aryl methyl sites for hydroxylation is 2. The van der Waals surface area contributed by atoms with Crippen LogP contribution in [-0.4, -0.2) is 55.1 Å². The Morgan fingerprint density at radius 1 is 1.23 bits per heavy atom. The Morgan fingerprint density at radius 2 is 2.03 bits per heavy atom. The average molecular weight is 536 g/mol. The van der Waals surface area contributed by atoms with Gasteiger partial charge in [-0.3, -0.25) is 4.68 Å². The van der Waals surface area contributed by atoms with Gasteiger partial charge >= 0.3 is 0 Å². The molecule has 1 N–H and O–H groups in total. The molecule has 0 aliphatic carbocycles. The normalized spacial score (nSPS) is 16.8. The van der Waals surface area contributed by atoms with Crippen molar-refractivity contribution in [3.05, 3.63) is 65.5 Å². The van der Waals surface area contributed by atoms with E-state index < -0.39 is 0 Å². The van der Waals surface area contributed by atoms with Crippen LogP contribution in [0.1, 0.15) is 28.9 Å². The fourth-order valence-electron chi connectivity index (χ4n) is 3.43. The lowest BCUT2D eigenvalue weighted by molar-refractivity contribution is -0.00813. The summed E-state index contributed by atoms with van der Waals surface area (Å²) in [6.45, 7) is 5.23. The number of nitrogens with one attached hydrogen (secondary N) is 1. The number of benzene rings is 1. The molecule has 1 aromatic carbocycles. The Hall–Kier alpha value is -2.47. The van der Waals surface area contributed by atoms with E-state index in [9.17, 15) is 0 Å². The molecule has 1 aliphatic rings. The van der Waals surface area contributed by atoms with E-state index in [0.29, 0.717) is 26.2 Å². The van der Waals surface area contributed by atoms with Crippen LogP contribution in [0.5, 0.6) is 0 Å². The Kier molecular flexibility index (Phi) is 8.02. The summed E-state index contributed by atoms with van der Waals surface area (Å²) in [5.41, 5.74) is 2.25. The van der Waals surface area contributed by atoms with Gasteiger partial charge in [0.2, 0.25) is 0 Å². The van der Waals surface area contributed by atoms with Crippen LogP contribution in [0.4, 0.5) is 0 Å². The highest BCUT2D eigenvalue weighted by Gasteiger charge is 2.25. The molecule has 1 unspecified atom stereocenters. The Bertz CT molecular complexity index is 1000. The topological polar surface area (TPSA) is 85.4 Å². The fourth-order valence-corrected chi connectivity index (χ4v) is 3.43. The summed E-state index contributed by atoms with van der Waals surface area (Å²) in [6.07, 6.45) is 3.84. The lowest BCUT2D eigenvalue weighted by atomic mass is 10.1. The molecule has 1 fully saturated rings. The van der Waals surface area contributed by atoms with E-state index >= 15 is 0 Å². The number of guanidine groups is 1. The smallest absolute Gasteiger partial charge is 0.194 e. The summed E-state index contributed by atoms with van der Waals surface area (Å²) < 4.78 is 9.79. The van der Waals surface area contributed by atoms with Crippen molar-refractivity contribution >= 4 is 29.9 Å². The van der Waals surface area contributed by atoms with Gasteiger partial charge in [-0.1, -0.05) is 30.3 Å². The van der Waals surface area contributed by atoms with Crippen LogP contribution in [0.3, 0.4) is 0 Å². The number of hydrogen-bond acceptors (Lipinski definition) is 5. The molecule has 0 radical (unpaired) electrons. The van der Waals surface area contributed by atoms with Crippen molar-refractivity contribution in [2.24, 2.45) is 19.1 Å². The number of nitrogens with zero attached hydrogens (tertiary/aromatic N) is 7. The predicted octanol–water partition coefficient (Wildman–Crippen LogP) is 2.19. The molecular formula is C21H29IN8O. The van der Waals surface area contributed by atoms with Crippen molar-refractivity contribution in [2.75, 3.05) is 19.7 Å². The third-order valence-corrected chi connectivity index (χ3v) is 5.30. The lowest BCUT2D eigenvalue weighted by Gasteiger charge is -2.35. The van der Waals surface area contributed by atoms with Crippen LogP contribution in [0.25, 0.3) is 0 Å². The van der Waals surface area contributed by atoms with Gasteiger partial charge in [0.05, 0.1) is 32.4 Å².